The second kappa shape index (κ2) is 6.75. The van der Waals surface area contributed by atoms with E-state index in [4.69, 9.17) is 16.7 Å². The molecule has 0 spiro atoms. The van der Waals surface area contributed by atoms with E-state index in [0.717, 1.165) is 27.8 Å². The first kappa shape index (κ1) is 16.7. The van der Waals surface area contributed by atoms with Crippen molar-refractivity contribution in [1.29, 1.82) is 0 Å². The smallest absolute Gasteiger partial charge is 0.234 e. The summed E-state index contributed by atoms with van der Waals surface area (Å²) < 4.78 is 0. The number of aliphatic hydroxyl groups is 1. The van der Waals surface area contributed by atoms with Crippen LogP contribution in [0, 0.1) is 6.92 Å². The summed E-state index contributed by atoms with van der Waals surface area (Å²) in [5, 5.41) is 12.1. The van der Waals surface area contributed by atoms with Gasteiger partial charge in [-0.25, -0.2) is 0 Å². The Morgan fingerprint density at radius 2 is 1.88 bits per heavy atom. The number of halogens is 1. The van der Waals surface area contributed by atoms with Crippen LogP contribution < -0.4 is 5.32 Å². The Kier molecular flexibility index (Phi) is 4.69. The second-order valence-corrected chi connectivity index (χ2v) is 6.39. The van der Waals surface area contributed by atoms with E-state index >= 15 is 0 Å². The molecule has 24 heavy (non-hydrogen) atoms. The van der Waals surface area contributed by atoms with Crippen molar-refractivity contribution in [3.8, 4) is 11.1 Å². The van der Waals surface area contributed by atoms with Crippen molar-refractivity contribution < 1.29 is 14.7 Å². The molecule has 0 aliphatic carbocycles. The van der Waals surface area contributed by atoms with Crippen LogP contribution in [0.1, 0.15) is 35.4 Å². The number of imide groups is 1. The molecule has 1 heterocycles. The normalized spacial score (nSPS) is 17.7. The monoisotopic (exact) mass is 343 g/mol. The maximum absolute atomic E-state index is 12.2. The predicted molar refractivity (Wildman–Crippen MR) is 92.7 cm³/mol. The third-order valence-corrected chi connectivity index (χ3v) is 4.84. The number of nitrogens with one attached hydrogen (secondary N) is 1. The minimum atomic E-state index is -0.410. The van der Waals surface area contributed by atoms with Crippen molar-refractivity contribution in [2.75, 3.05) is 0 Å². The van der Waals surface area contributed by atoms with Crippen LogP contribution in [0.2, 0.25) is 5.02 Å². The number of hydrogen-bond donors (Lipinski definition) is 2. The standard InChI is InChI=1S/C19H18ClNO3/c1-11-2-7-14(13-5-3-12(10-22)4-6-13)18(20)17(11)15-8-9-16(23)21-19(15)24/h2-7,15,22H,8-10H2,1H3,(H,21,23,24). The molecule has 1 atom stereocenters. The third kappa shape index (κ3) is 3.07. The van der Waals surface area contributed by atoms with Gasteiger partial charge in [-0.15, -0.1) is 0 Å². The Hall–Kier alpha value is -2.17. The molecule has 0 radical (unpaired) electrons. The molecule has 2 amide bonds. The van der Waals surface area contributed by atoms with Gasteiger partial charge in [0.25, 0.3) is 0 Å². The molecule has 0 bridgehead atoms. The Morgan fingerprint density at radius 1 is 1.17 bits per heavy atom. The zero-order valence-corrected chi connectivity index (χ0v) is 14.1. The number of piperidine rings is 1. The van der Waals surface area contributed by atoms with Gasteiger partial charge in [-0.2, -0.15) is 0 Å². The van der Waals surface area contributed by atoms with Gasteiger partial charge in [-0.1, -0.05) is 48.0 Å². The number of aliphatic hydroxyl groups excluding tert-OH is 1. The number of hydrogen-bond acceptors (Lipinski definition) is 3. The van der Waals surface area contributed by atoms with Crippen LogP contribution in [0.4, 0.5) is 0 Å². The van der Waals surface area contributed by atoms with Gasteiger partial charge < -0.3 is 5.11 Å². The van der Waals surface area contributed by atoms with E-state index in [1.54, 1.807) is 0 Å². The van der Waals surface area contributed by atoms with E-state index in [0.29, 0.717) is 17.9 Å². The highest BCUT2D eigenvalue weighted by Crippen LogP contribution is 2.39. The summed E-state index contributed by atoms with van der Waals surface area (Å²) in [6, 6.07) is 11.4. The largest absolute Gasteiger partial charge is 0.392 e. The zero-order chi connectivity index (χ0) is 17.3. The SMILES string of the molecule is Cc1ccc(-c2ccc(CO)cc2)c(Cl)c1C1CCC(=O)NC1=O. The maximum atomic E-state index is 12.2. The zero-order valence-electron chi connectivity index (χ0n) is 13.3. The van der Waals surface area contributed by atoms with Crippen molar-refractivity contribution in [1.82, 2.24) is 5.32 Å². The molecule has 2 aromatic rings. The van der Waals surface area contributed by atoms with Crippen LogP contribution in [0.5, 0.6) is 0 Å². The summed E-state index contributed by atoms with van der Waals surface area (Å²) in [5.74, 6) is -0.934. The van der Waals surface area contributed by atoms with Crippen molar-refractivity contribution in [2.45, 2.75) is 32.3 Å². The van der Waals surface area contributed by atoms with Crippen LogP contribution in [-0.4, -0.2) is 16.9 Å². The molecule has 2 aromatic carbocycles. The first-order chi connectivity index (χ1) is 11.5. The summed E-state index contributed by atoms with van der Waals surface area (Å²) in [5.41, 5.74) is 4.31. The van der Waals surface area contributed by atoms with Crippen LogP contribution in [0.25, 0.3) is 11.1 Å². The summed E-state index contributed by atoms with van der Waals surface area (Å²) in [7, 11) is 0. The number of amides is 2. The minimum absolute atomic E-state index is 0.0105. The van der Waals surface area contributed by atoms with Gasteiger partial charge in [-0.3, -0.25) is 14.9 Å². The molecule has 0 saturated carbocycles. The molecule has 1 aliphatic rings. The molecule has 124 valence electrons. The highest BCUT2D eigenvalue weighted by Gasteiger charge is 2.31. The molecule has 1 aliphatic heterocycles. The van der Waals surface area contributed by atoms with E-state index < -0.39 is 5.92 Å². The van der Waals surface area contributed by atoms with Crippen LogP contribution in [-0.2, 0) is 16.2 Å². The Labute approximate surface area is 145 Å². The van der Waals surface area contributed by atoms with Gasteiger partial charge in [0.1, 0.15) is 0 Å². The van der Waals surface area contributed by atoms with Gasteiger partial charge in [0.2, 0.25) is 11.8 Å². The summed E-state index contributed by atoms with van der Waals surface area (Å²) in [6.07, 6.45) is 0.791. The van der Waals surface area contributed by atoms with E-state index in [9.17, 15) is 9.59 Å². The van der Waals surface area contributed by atoms with Gasteiger partial charge >= 0.3 is 0 Å². The van der Waals surface area contributed by atoms with Crippen LogP contribution in [0.15, 0.2) is 36.4 Å². The molecule has 2 N–H and O–H groups in total. The van der Waals surface area contributed by atoms with E-state index in [1.165, 1.54) is 0 Å². The van der Waals surface area contributed by atoms with Crippen LogP contribution in [0.3, 0.4) is 0 Å². The molecule has 1 unspecified atom stereocenters. The number of benzene rings is 2. The topological polar surface area (TPSA) is 66.4 Å². The Morgan fingerprint density at radius 3 is 2.50 bits per heavy atom. The average Bonchev–Trinajstić information content (AvgIpc) is 2.57. The lowest BCUT2D eigenvalue weighted by Gasteiger charge is -2.24. The van der Waals surface area contributed by atoms with Gasteiger partial charge in [0.15, 0.2) is 0 Å². The maximum Gasteiger partial charge on any atom is 0.234 e. The number of rotatable bonds is 3. The lowest BCUT2D eigenvalue weighted by molar-refractivity contribution is -0.134. The van der Waals surface area contributed by atoms with Crippen molar-refractivity contribution in [3.63, 3.8) is 0 Å². The molecular formula is C19H18ClNO3. The number of carbonyl (C=O) groups is 2. The Balaban J connectivity index is 2.04. The molecule has 1 saturated heterocycles. The molecule has 0 aromatic heterocycles. The number of carbonyl (C=O) groups excluding carboxylic acids is 2. The molecule has 5 heteroatoms. The third-order valence-electron chi connectivity index (χ3n) is 4.43. The quantitative estimate of drug-likeness (QED) is 0.840. The highest BCUT2D eigenvalue weighted by molar-refractivity contribution is 6.34. The molecule has 4 nitrogen and oxygen atoms in total. The van der Waals surface area contributed by atoms with E-state index in [1.807, 2.05) is 43.3 Å². The van der Waals surface area contributed by atoms with Crippen molar-refractivity contribution in [3.05, 3.63) is 58.1 Å². The molecule has 3 rings (SSSR count). The summed E-state index contributed by atoms with van der Waals surface area (Å²) >= 11 is 6.64. The van der Waals surface area contributed by atoms with Crippen molar-refractivity contribution >= 4 is 23.4 Å². The first-order valence-corrected chi connectivity index (χ1v) is 8.22. The van der Waals surface area contributed by atoms with Crippen LogP contribution >= 0.6 is 11.6 Å². The lowest BCUT2D eigenvalue weighted by atomic mass is 9.85. The van der Waals surface area contributed by atoms with Crippen molar-refractivity contribution in [2.24, 2.45) is 0 Å². The Bertz CT molecular complexity index is 799. The fourth-order valence-corrected chi connectivity index (χ4v) is 3.55. The van der Waals surface area contributed by atoms with E-state index in [2.05, 4.69) is 5.32 Å². The lowest BCUT2D eigenvalue weighted by Crippen LogP contribution is -2.39. The second-order valence-electron chi connectivity index (χ2n) is 6.02. The van der Waals surface area contributed by atoms with Gasteiger partial charge in [0.05, 0.1) is 17.5 Å². The fraction of sp³-hybridized carbons (Fsp3) is 0.263. The predicted octanol–water partition coefficient (Wildman–Crippen LogP) is 3.33. The van der Waals surface area contributed by atoms with Gasteiger partial charge in [-0.05, 0) is 35.6 Å². The number of aryl methyl sites for hydroxylation is 1. The molecule has 1 fully saturated rings. The first-order valence-electron chi connectivity index (χ1n) is 7.84. The molecular weight excluding hydrogens is 326 g/mol. The highest BCUT2D eigenvalue weighted by atomic mass is 35.5. The average molecular weight is 344 g/mol. The fourth-order valence-electron chi connectivity index (χ4n) is 3.10. The summed E-state index contributed by atoms with van der Waals surface area (Å²) in [6.45, 7) is 1.91. The minimum Gasteiger partial charge on any atom is -0.392 e. The van der Waals surface area contributed by atoms with E-state index in [-0.39, 0.29) is 18.4 Å². The van der Waals surface area contributed by atoms with Gasteiger partial charge in [0, 0.05) is 12.0 Å². The summed E-state index contributed by atoms with van der Waals surface area (Å²) in [4.78, 5) is 23.6.